The zero-order valence-corrected chi connectivity index (χ0v) is 13.4. The number of hydrogen-bond donors (Lipinski definition) is 2. The van der Waals surface area contributed by atoms with Crippen LogP contribution in [-0.2, 0) is 22.4 Å². The van der Waals surface area contributed by atoms with E-state index in [-0.39, 0.29) is 24.4 Å². The summed E-state index contributed by atoms with van der Waals surface area (Å²) >= 11 is 0. The average Bonchev–Trinajstić information content (AvgIpc) is 2.43. The van der Waals surface area contributed by atoms with Gasteiger partial charge in [0.05, 0.1) is 12.4 Å². The molecule has 1 aromatic rings. The predicted octanol–water partition coefficient (Wildman–Crippen LogP) is 1.78. The molecule has 5 nitrogen and oxygen atoms in total. The monoisotopic (exact) mass is 312 g/mol. The van der Waals surface area contributed by atoms with Crippen LogP contribution in [0.25, 0.3) is 0 Å². The van der Waals surface area contributed by atoms with E-state index in [1.807, 2.05) is 18.9 Å². The van der Waals surface area contributed by atoms with Crippen molar-refractivity contribution in [2.45, 2.75) is 57.6 Å². The molecule has 0 amide bonds. The maximum absolute atomic E-state index is 12.3. The van der Waals surface area contributed by atoms with Crippen LogP contribution in [-0.4, -0.2) is 30.6 Å². The molecule has 2 atom stereocenters. The molecule has 0 spiro atoms. The Bertz CT molecular complexity index is 564. The van der Waals surface area contributed by atoms with Crippen molar-refractivity contribution in [2.24, 2.45) is 0 Å². The molecule has 0 bridgehead atoms. The fourth-order valence-electron chi connectivity index (χ4n) is 2.83. The highest BCUT2D eigenvalue weighted by atomic mass is 32.2. The van der Waals surface area contributed by atoms with E-state index in [2.05, 4.69) is 4.83 Å². The number of hydrazine groups is 1. The third-order valence-electron chi connectivity index (χ3n) is 3.97. The Labute approximate surface area is 127 Å². The van der Waals surface area contributed by atoms with Crippen LogP contribution in [0.5, 0.6) is 0 Å². The largest absolute Gasteiger partial charge is 0.392 e. The number of hydrogen-bond acceptors (Lipinski definition) is 4. The fraction of sp³-hybridized carbons (Fsp3) is 0.600. The van der Waals surface area contributed by atoms with Crippen LogP contribution < -0.4 is 4.83 Å². The molecule has 21 heavy (non-hydrogen) atoms. The molecular weight excluding hydrogens is 288 g/mol. The summed E-state index contributed by atoms with van der Waals surface area (Å²) in [6.45, 7) is 4.01. The number of rotatable bonds is 5. The quantitative estimate of drug-likeness (QED) is 0.869. The van der Waals surface area contributed by atoms with Gasteiger partial charge in [0.1, 0.15) is 0 Å². The van der Waals surface area contributed by atoms with Gasteiger partial charge in [0.2, 0.25) is 10.0 Å². The van der Waals surface area contributed by atoms with Crippen molar-refractivity contribution in [3.8, 4) is 0 Å². The molecule has 0 aliphatic carbocycles. The summed E-state index contributed by atoms with van der Waals surface area (Å²) in [5.41, 5.74) is 1.41. The van der Waals surface area contributed by atoms with Gasteiger partial charge in [-0.2, -0.15) is 0 Å². The zero-order chi connectivity index (χ0) is 15.5. The Morgan fingerprint density at radius 2 is 1.86 bits per heavy atom. The van der Waals surface area contributed by atoms with Gasteiger partial charge >= 0.3 is 0 Å². The summed E-state index contributed by atoms with van der Waals surface area (Å²) < 4.78 is 24.7. The lowest BCUT2D eigenvalue weighted by molar-refractivity contribution is 0.0790. The summed E-state index contributed by atoms with van der Waals surface area (Å²) in [6.07, 6.45) is 3.15. The molecule has 1 heterocycles. The maximum Gasteiger partial charge on any atom is 0.228 e. The van der Waals surface area contributed by atoms with Crippen LogP contribution in [0.3, 0.4) is 0 Å². The Hall–Kier alpha value is -0.950. The SMILES string of the molecule is CC1CCCC(C)N1NS(=O)(=O)Cc1cccc(CO)c1. The highest BCUT2D eigenvalue weighted by Crippen LogP contribution is 2.21. The van der Waals surface area contributed by atoms with Crippen molar-refractivity contribution < 1.29 is 13.5 Å². The van der Waals surface area contributed by atoms with Crippen molar-refractivity contribution in [2.75, 3.05) is 0 Å². The minimum atomic E-state index is -3.43. The summed E-state index contributed by atoms with van der Waals surface area (Å²) in [7, 11) is -3.43. The van der Waals surface area contributed by atoms with Crippen LogP contribution in [0.2, 0.25) is 0 Å². The minimum absolute atomic E-state index is 0.0726. The van der Waals surface area contributed by atoms with Crippen molar-refractivity contribution in [3.05, 3.63) is 35.4 Å². The number of benzene rings is 1. The predicted molar refractivity (Wildman–Crippen MR) is 82.7 cm³/mol. The summed E-state index contributed by atoms with van der Waals surface area (Å²) in [5, 5.41) is 11.0. The molecule has 1 aliphatic rings. The second-order valence-electron chi connectivity index (χ2n) is 5.86. The van der Waals surface area contributed by atoms with E-state index in [9.17, 15) is 8.42 Å². The lowest BCUT2D eigenvalue weighted by Gasteiger charge is -2.38. The zero-order valence-electron chi connectivity index (χ0n) is 12.6. The van der Waals surface area contributed by atoms with Crippen LogP contribution in [0.4, 0.5) is 0 Å². The molecule has 118 valence electrons. The third-order valence-corrected chi connectivity index (χ3v) is 5.17. The van der Waals surface area contributed by atoms with Gasteiger partial charge in [0.15, 0.2) is 0 Å². The summed E-state index contributed by atoms with van der Waals surface area (Å²) in [6, 6.07) is 7.46. The van der Waals surface area contributed by atoms with E-state index in [1.54, 1.807) is 24.3 Å². The van der Waals surface area contributed by atoms with Crippen molar-refractivity contribution in [3.63, 3.8) is 0 Å². The Morgan fingerprint density at radius 3 is 2.48 bits per heavy atom. The molecule has 1 aromatic carbocycles. The summed E-state index contributed by atoms with van der Waals surface area (Å²) in [4.78, 5) is 2.72. The summed E-state index contributed by atoms with van der Waals surface area (Å²) in [5.74, 6) is -0.0726. The molecule has 2 rings (SSSR count). The highest BCUT2D eigenvalue weighted by molar-refractivity contribution is 7.88. The lowest BCUT2D eigenvalue weighted by Crippen LogP contribution is -2.54. The fourth-order valence-corrected chi connectivity index (χ4v) is 4.20. The Morgan fingerprint density at radius 1 is 1.24 bits per heavy atom. The van der Waals surface area contributed by atoms with E-state index in [0.29, 0.717) is 5.56 Å². The number of aliphatic hydroxyl groups is 1. The van der Waals surface area contributed by atoms with Gasteiger partial charge in [-0.1, -0.05) is 30.7 Å². The average molecular weight is 312 g/mol. The van der Waals surface area contributed by atoms with Gasteiger partial charge in [0, 0.05) is 12.1 Å². The number of nitrogens with one attached hydrogen (secondary N) is 1. The van der Waals surface area contributed by atoms with Crippen molar-refractivity contribution in [1.82, 2.24) is 9.84 Å². The molecule has 2 N–H and O–H groups in total. The third kappa shape index (κ3) is 4.51. The van der Waals surface area contributed by atoms with E-state index in [1.165, 1.54) is 0 Å². The van der Waals surface area contributed by atoms with Crippen LogP contribution >= 0.6 is 0 Å². The first-order valence-electron chi connectivity index (χ1n) is 7.38. The van der Waals surface area contributed by atoms with E-state index < -0.39 is 10.0 Å². The van der Waals surface area contributed by atoms with Crippen LogP contribution in [0, 0.1) is 0 Å². The van der Waals surface area contributed by atoms with Gasteiger partial charge in [-0.05, 0) is 37.8 Å². The first kappa shape index (κ1) is 16.4. The van der Waals surface area contributed by atoms with Gasteiger partial charge in [-0.25, -0.2) is 13.4 Å². The van der Waals surface area contributed by atoms with Crippen molar-refractivity contribution >= 4 is 10.0 Å². The van der Waals surface area contributed by atoms with Crippen molar-refractivity contribution in [1.29, 1.82) is 0 Å². The minimum Gasteiger partial charge on any atom is -0.392 e. The molecule has 1 aliphatic heterocycles. The van der Waals surface area contributed by atoms with Crippen LogP contribution in [0.1, 0.15) is 44.2 Å². The normalized spacial score (nSPS) is 24.1. The second-order valence-corrected chi connectivity index (χ2v) is 7.57. The molecule has 0 radical (unpaired) electrons. The second kappa shape index (κ2) is 6.87. The Balaban J connectivity index is 2.07. The van der Waals surface area contributed by atoms with E-state index >= 15 is 0 Å². The van der Waals surface area contributed by atoms with Gasteiger partial charge in [0.25, 0.3) is 0 Å². The standard InChI is InChI=1S/C15H24N2O3S/c1-12-5-3-6-13(2)17(12)16-21(19,20)11-15-8-4-7-14(9-15)10-18/h4,7-9,12-13,16,18H,3,5-6,10-11H2,1-2H3. The number of nitrogens with zero attached hydrogens (tertiary/aromatic N) is 1. The van der Waals surface area contributed by atoms with Gasteiger partial charge in [-0.15, -0.1) is 4.83 Å². The topological polar surface area (TPSA) is 69.6 Å². The van der Waals surface area contributed by atoms with Gasteiger partial charge < -0.3 is 5.11 Å². The number of aliphatic hydroxyl groups excluding tert-OH is 1. The first-order chi connectivity index (χ1) is 9.91. The lowest BCUT2D eigenvalue weighted by atomic mass is 10.0. The molecule has 1 fully saturated rings. The molecule has 1 saturated heterocycles. The molecule has 0 aromatic heterocycles. The molecule has 2 unspecified atom stereocenters. The van der Waals surface area contributed by atoms with E-state index in [0.717, 1.165) is 24.8 Å². The number of sulfonamides is 1. The molecule has 0 saturated carbocycles. The first-order valence-corrected chi connectivity index (χ1v) is 9.03. The van der Waals surface area contributed by atoms with Crippen LogP contribution in [0.15, 0.2) is 24.3 Å². The Kier molecular flexibility index (Phi) is 5.37. The maximum atomic E-state index is 12.3. The highest BCUT2D eigenvalue weighted by Gasteiger charge is 2.28. The molecular formula is C15H24N2O3S. The van der Waals surface area contributed by atoms with Gasteiger partial charge in [-0.3, -0.25) is 0 Å². The smallest absolute Gasteiger partial charge is 0.228 e. The number of piperidine rings is 1. The molecule has 6 heteroatoms. The van der Waals surface area contributed by atoms with E-state index in [4.69, 9.17) is 5.11 Å².